The predicted octanol–water partition coefficient (Wildman–Crippen LogP) is 2.74. The van der Waals surface area contributed by atoms with Crippen molar-refractivity contribution in [3.8, 4) is 0 Å². The van der Waals surface area contributed by atoms with E-state index in [0.29, 0.717) is 45.7 Å². The third-order valence-electron chi connectivity index (χ3n) is 3.80. The second-order valence-electron chi connectivity index (χ2n) is 5.73. The molecule has 1 aliphatic rings. The van der Waals surface area contributed by atoms with Crippen molar-refractivity contribution in [3.63, 3.8) is 0 Å². The molecule has 0 N–H and O–H groups in total. The van der Waals surface area contributed by atoms with Crippen molar-refractivity contribution in [1.29, 1.82) is 0 Å². The van der Waals surface area contributed by atoms with Gasteiger partial charge in [0.05, 0.1) is 45.7 Å². The Morgan fingerprint density at radius 2 is 1.26 bits per heavy atom. The van der Waals surface area contributed by atoms with E-state index in [-0.39, 0.29) is 12.6 Å². The van der Waals surface area contributed by atoms with Gasteiger partial charge in [-0.05, 0) is 26.7 Å². The van der Waals surface area contributed by atoms with E-state index in [1.165, 1.54) is 19.3 Å². The van der Waals surface area contributed by atoms with E-state index < -0.39 is 0 Å². The van der Waals surface area contributed by atoms with E-state index in [2.05, 4.69) is 0 Å². The molecule has 0 aromatic heterocycles. The second kappa shape index (κ2) is 14.1. The van der Waals surface area contributed by atoms with Crippen molar-refractivity contribution < 1.29 is 28.4 Å². The lowest BCUT2D eigenvalue weighted by Crippen LogP contribution is -2.25. The maximum atomic E-state index is 5.87. The van der Waals surface area contributed by atoms with Gasteiger partial charge in [0.15, 0.2) is 12.6 Å². The van der Waals surface area contributed by atoms with Crippen LogP contribution in [-0.4, -0.2) is 65.4 Å². The highest BCUT2D eigenvalue weighted by molar-refractivity contribution is 4.65. The largest absolute Gasteiger partial charge is 0.377 e. The van der Waals surface area contributed by atoms with E-state index >= 15 is 0 Å². The molecular formula is C17H34O6. The third-order valence-corrected chi connectivity index (χ3v) is 3.80. The number of rotatable bonds is 14. The van der Waals surface area contributed by atoms with E-state index in [4.69, 9.17) is 28.4 Å². The van der Waals surface area contributed by atoms with E-state index in [1.807, 2.05) is 13.8 Å². The Labute approximate surface area is 140 Å². The van der Waals surface area contributed by atoms with Crippen molar-refractivity contribution in [1.82, 2.24) is 0 Å². The first-order valence-electron chi connectivity index (χ1n) is 8.79. The van der Waals surface area contributed by atoms with Gasteiger partial charge >= 0.3 is 0 Å². The molecule has 0 heterocycles. The highest BCUT2D eigenvalue weighted by Crippen LogP contribution is 2.21. The monoisotopic (exact) mass is 334 g/mol. The average Bonchev–Trinajstić information content (AvgIpc) is 2.57. The summed E-state index contributed by atoms with van der Waals surface area (Å²) in [5, 5.41) is 0. The van der Waals surface area contributed by atoms with Gasteiger partial charge in [0.1, 0.15) is 0 Å². The van der Waals surface area contributed by atoms with Crippen LogP contribution in [0, 0.1) is 0 Å². The van der Waals surface area contributed by atoms with E-state index in [1.54, 1.807) is 7.11 Å². The summed E-state index contributed by atoms with van der Waals surface area (Å²) in [5.41, 5.74) is 0. The van der Waals surface area contributed by atoms with Crippen molar-refractivity contribution in [2.24, 2.45) is 0 Å². The number of hydrogen-bond acceptors (Lipinski definition) is 6. The molecule has 1 fully saturated rings. The lowest BCUT2D eigenvalue weighted by atomic mass is 9.98. The fourth-order valence-corrected chi connectivity index (χ4v) is 2.45. The summed E-state index contributed by atoms with van der Waals surface area (Å²) >= 11 is 0. The van der Waals surface area contributed by atoms with Crippen molar-refractivity contribution in [2.75, 3.05) is 46.8 Å². The molecule has 2 atom stereocenters. The Bertz CT molecular complexity index is 257. The van der Waals surface area contributed by atoms with Gasteiger partial charge in [0.2, 0.25) is 0 Å². The molecule has 1 saturated carbocycles. The van der Waals surface area contributed by atoms with Crippen LogP contribution >= 0.6 is 0 Å². The molecular weight excluding hydrogens is 300 g/mol. The lowest BCUT2D eigenvalue weighted by molar-refractivity contribution is -0.172. The van der Waals surface area contributed by atoms with Gasteiger partial charge in [-0.25, -0.2) is 0 Å². The summed E-state index contributed by atoms with van der Waals surface area (Å²) in [6, 6.07) is 0. The molecule has 0 aliphatic heterocycles. The summed E-state index contributed by atoms with van der Waals surface area (Å²) in [6.07, 6.45) is 6.23. The highest BCUT2D eigenvalue weighted by Gasteiger charge is 2.16. The SMILES string of the molecule is COC(C)OCCOCCOCCOC(C)OC1CCCCC1. The smallest absolute Gasteiger partial charge is 0.155 e. The molecule has 0 saturated heterocycles. The molecule has 1 rings (SSSR count). The van der Waals surface area contributed by atoms with Crippen LogP contribution in [0.3, 0.4) is 0 Å². The first kappa shape index (κ1) is 20.8. The molecule has 0 aromatic carbocycles. The molecule has 6 heteroatoms. The third kappa shape index (κ3) is 11.9. The Balaban J connectivity index is 1.80. The molecule has 0 bridgehead atoms. The van der Waals surface area contributed by atoms with Crippen molar-refractivity contribution in [3.05, 3.63) is 0 Å². The topological polar surface area (TPSA) is 55.4 Å². The summed E-state index contributed by atoms with van der Waals surface area (Å²) < 4.78 is 32.6. The standard InChI is InChI=1S/C17H34O6/c1-15(18-3)21-13-11-19-9-10-20-12-14-22-16(2)23-17-7-5-4-6-8-17/h15-17H,4-14H2,1-3H3. The van der Waals surface area contributed by atoms with Crippen LogP contribution in [0.2, 0.25) is 0 Å². The quantitative estimate of drug-likeness (QED) is 0.360. The van der Waals surface area contributed by atoms with E-state index in [9.17, 15) is 0 Å². The minimum absolute atomic E-state index is 0.155. The van der Waals surface area contributed by atoms with Crippen LogP contribution in [0.15, 0.2) is 0 Å². The Morgan fingerprint density at radius 3 is 1.83 bits per heavy atom. The van der Waals surface area contributed by atoms with Crippen LogP contribution in [0.4, 0.5) is 0 Å². The summed E-state index contributed by atoms with van der Waals surface area (Å²) in [5.74, 6) is 0. The average molecular weight is 334 g/mol. The second-order valence-corrected chi connectivity index (χ2v) is 5.73. The minimum Gasteiger partial charge on any atom is -0.377 e. The molecule has 0 radical (unpaired) electrons. The fraction of sp³-hybridized carbons (Fsp3) is 1.00. The maximum Gasteiger partial charge on any atom is 0.155 e. The molecule has 0 spiro atoms. The van der Waals surface area contributed by atoms with Gasteiger partial charge in [-0.15, -0.1) is 0 Å². The Kier molecular flexibility index (Phi) is 12.8. The fourth-order valence-electron chi connectivity index (χ4n) is 2.45. The maximum absolute atomic E-state index is 5.87. The number of hydrogen-bond donors (Lipinski definition) is 0. The zero-order chi connectivity index (χ0) is 16.8. The van der Waals surface area contributed by atoms with Crippen molar-refractivity contribution in [2.45, 2.75) is 64.6 Å². The molecule has 2 unspecified atom stereocenters. The molecule has 0 aromatic rings. The van der Waals surface area contributed by atoms with Crippen LogP contribution in [0.5, 0.6) is 0 Å². The minimum atomic E-state index is -0.190. The van der Waals surface area contributed by atoms with Crippen LogP contribution < -0.4 is 0 Å². The van der Waals surface area contributed by atoms with Crippen LogP contribution in [0.25, 0.3) is 0 Å². The van der Waals surface area contributed by atoms with Crippen molar-refractivity contribution >= 4 is 0 Å². The molecule has 6 nitrogen and oxygen atoms in total. The van der Waals surface area contributed by atoms with Gasteiger partial charge in [0.25, 0.3) is 0 Å². The lowest BCUT2D eigenvalue weighted by Gasteiger charge is -2.25. The Hall–Kier alpha value is -0.240. The predicted molar refractivity (Wildman–Crippen MR) is 87.4 cm³/mol. The van der Waals surface area contributed by atoms with Gasteiger partial charge in [0, 0.05) is 7.11 Å². The van der Waals surface area contributed by atoms with Gasteiger partial charge in [-0.3, -0.25) is 0 Å². The molecule has 138 valence electrons. The summed E-state index contributed by atoms with van der Waals surface area (Å²) in [4.78, 5) is 0. The normalized spacial score (nSPS) is 18.9. The first-order valence-corrected chi connectivity index (χ1v) is 8.79. The van der Waals surface area contributed by atoms with Crippen LogP contribution in [-0.2, 0) is 28.4 Å². The highest BCUT2D eigenvalue weighted by atomic mass is 16.7. The summed E-state index contributed by atoms with van der Waals surface area (Å²) in [6.45, 7) is 7.08. The number of ether oxygens (including phenoxy) is 6. The van der Waals surface area contributed by atoms with Gasteiger partial charge < -0.3 is 28.4 Å². The van der Waals surface area contributed by atoms with Crippen LogP contribution in [0.1, 0.15) is 46.0 Å². The van der Waals surface area contributed by atoms with E-state index in [0.717, 1.165) is 12.8 Å². The number of methoxy groups -OCH3 is 1. The zero-order valence-electron chi connectivity index (χ0n) is 15.0. The zero-order valence-corrected chi connectivity index (χ0v) is 15.0. The molecule has 1 aliphatic carbocycles. The van der Waals surface area contributed by atoms with Gasteiger partial charge in [-0.1, -0.05) is 19.3 Å². The summed E-state index contributed by atoms with van der Waals surface area (Å²) in [7, 11) is 1.61. The molecule has 23 heavy (non-hydrogen) atoms. The van der Waals surface area contributed by atoms with Gasteiger partial charge in [-0.2, -0.15) is 0 Å². The first-order chi connectivity index (χ1) is 11.2. The molecule has 0 amide bonds. The Morgan fingerprint density at radius 1 is 0.739 bits per heavy atom.